The minimum absolute atomic E-state index is 0.0462. The number of nitrogens with one attached hydrogen (secondary N) is 1. The second-order valence-corrected chi connectivity index (χ2v) is 6.22. The summed E-state index contributed by atoms with van der Waals surface area (Å²) >= 11 is 6.04. The summed E-state index contributed by atoms with van der Waals surface area (Å²) in [6, 6.07) is 7.87. The fourth-order valence-corrected chi connectivity index (χ4v) is 3.22. The highest BCUT2D eigenvalue weighted by atomic mass is 35.5. The highest BCUT2D eigenvalue weighted by Gasteiger charge is 2.17. The maximum Gasteiger partial charge on any atom is 0.292 e. The van der Waals surface area contributed by atoms with Crippen molar-refractivity contribution < 1.29 is 4.79 Å². The zero-order valence-corrected chi connectivity index (χ0v) is 13.6. The molecule has 0 atom stereocenters. The van der Waals surface area contributed by atoms with E-state index in [1.807, 2.05) is 12.1 Å². The van der Waals surface area contributed by atoms with Gasteiger partial charge in [-0.15, -0.1) is 0 Å². The molecule has 1 fully saturated rings. The molecule has 0 bridgehead atoms. The van der Waals surface area contributed by atoms with Crippen molar-refractivity contribution in [3.05, 3.63) is 51.4 Å². The third-order valence-corrected chi connectivity index (χ3v) is 4.56. The Bertz CT molecular complexity index is 777. The normalized spacial score (nSPS) is 14.9. The average Bonchev–Trinajstić information content (AvgIpc) is 3.06. The van der Waals surface area contributed by atoms with Gasteiger partial charge in [-0.2, -0.15) is 9.78 Å². The molecule has 0 spiro atoms. The van der Waals surface area contributed by atoms with Crippen LogP contribution in [-0.2, 0) is 4.79 Å². The van der Waals surface area contributed by atoms with Crippen molar-refractivity contribution in [3.8, 4) is 5.69 Å². The number of anilines is 1. The topological polar surface area (TPSA) is 64.0 Å². The molecule has 0 aliphatic heterocycles. The molecule has 0 radical (unpaired) electrons. The molecule has 5 nitrogen and oxygen atoms in total. The molecule has 1 N–H and O–H groups in total. The minimum Gasteiger partial charge on any atom is -0.324 e. The summed E-state index contributed by atoms with van der Waals surface area (Å²) in [6.07, 6.45) is 6.42. The SMILES string of the molecule is CC(=O)Nc1cnn(-c2ccc(C3CCCC3)cc2)c(=O)c1Cl. The van der Waals surface area contributed by atoms with Gasteiger partial charge in [0.05, 0.1) is 17.6 Å². The van der Waals surface area contributed by atoms with Crippen molar-refractivity contribution in [1.82, 2.24) is 9.78 Å². The van der Waals surface area contributed by atoms with E-state index in [0.717, 1.165) is 0 Å². The fourth-order valence-electron chi connectivity index (χ4n) is 3.04. The van der Waals surface area contributed by atoms with Crippen molar-refractivity contribution in [3.63, 3.8) is 0 Å². The molecule has 1 aromatic heterocycles. The molecule has 1 heterocycles. The number of rotatable bonds is 3. The van der Waals surface area contributed by atoms with Gasteiger partial charge in [-0.3, -0.25) is 9.59 Å². The summed E-state index contributed by atoms with van der Waals surface area (Å²) in [5, 5.41) is 6.54. The number of carbonyl (C=O) groups excluding carboxylic acids is 1. The van der Waals surface area contributed by atoms with Crippen LogP contribution in [0.4, 0.5) is 5.69 Å². The third kappa shape index (κ3) is 3.29. The first kappa shape index (κ1) is 15.7. The number of aromatic nitrogens is 2. The van der Waals surface area contributed by atoms with Crippen LogP contribution in [0.15, 0.2) is 35.3 Å². The molecule has 2 aromatic rings. The number of nitrogens with zero attached hydrogens (tertiary/aromatic N) is 2. The first-order chi connectivity index (χ1) is 11.1. The quantitative estimate of drug-likeness (QED) is 0.936. The van der Waals surface area contributed by atoms with Crippen LogP contribution >= 0.6 is 11.6 Å². The summed E-state index contributed by atoms with van der Waals surface area (Å²) in [5.41, 5.74) is 1.74. The number of carbonyl (C=O) groups is 1. The maximum absolute atomic E-state index is 12.3. The Morgan fingerprint density at radius 2 is 1.91 bits per heavy atom. The second kappa shape index (κ2) is 6.54. The summed E-state index contributed by atoms with van der Waals surface area (Å²) in [4.78, 5) is 23.4. The standard InChI is InChI=1S/C17H18ClN3O2/c1-11(22)20-15-10-19-21(17(23)16(15)18)14-8-6-13(7-9-14)12-4-2-3-5-12/h6-10,12H,2-5H2,1H3,(H,20,22). The molecule has 1 aromatic carbocycles. The molecule has 1 aliphatic rings. The van der Waals surface area contributed by atoms with Crippen molar-refractivity contribution in [2.75, 3.05) is 5.32 Å². The molecular weight excluding hydrogens is 314 g/mol. The van der Waals surface area contributed by atoms with Gasteiger partial charge in [0.1, 0.15) is 5.02 Å². The van der Waals surface area contributed by atoms with Gasteiger partial charge in [-0.1, -0.05) is 36.6 Å². The lowest BCUT2D eigenvalue weighted by molar-refractivity contribution is -0.114. The molecule has 0 saturated heterocycles. The van der Waals surface area contributed by atoms with Gasteiger partial charge < -0.3 is 5.32 Å². The van der Waals surface area contributed by atoms with E-state index in [1.54, 1.807) is 0 Å². The lowest BCUT2D eigenvalue weighted by atomic mass is 9.98. The predicted octanol–water partition coefficient (Wildman–Crippen LogP) is 3.50. The molecular formula is C17H18ClN3O2. The monoisotopic (exact) mass is 331 g/mol. The van der Waals surface area contributed by atoms with E-state index in [9.17, 15) is 9.59 Å². The number of hydrogen-bond acceptors (Lipinski definition) is 3. The summed E-state index contributed by atoms with van der Waals surface area (Å²) in [7, 11) is 0. The van der Waals surface area contributed by atoms with Crippen LogP contribution in [0.1, 0.15) is 44.1 Å². The van der Waals surface area contributed by atoms with Crippen LogP contribution in [0.3, 0.4) is 0 Å². The van der Waals surface area contributed by atoms with E-state index in [2.05, 4.69) is 22.5 Å². The lowest BCUT2D eigenvalue weighted by Crippen LogP contribution is -2.23. The van der Waals surface area contributed by atoms with Crippen molar-refractivity contribution in [1.29, 1.82) is 0 Å². The van der Waals surface area contributed by atoms with E-state index in [1.165, 1.54) is 49.0 Å². The Morgan fingerprint density at radius 3 is 2.52 bits per heavy atom. The molecule has 120 valence electrons. The van der Waals surface area contributed by atoms with E-state index < -0.39 is 5.56 Å². The Balaban J connectivity index is 1.91. The summed E-state index contributed by atoms with van der Waals surface area (Å²) < 4.78 is 1.24. The number of benzene rings is 1. The van der Waals surface area contributed by atoms with Crippen molar-refractivity contribution >= 4 is 23.2 Å². The molecule has 1 amide bonds. The van der Waals surface area contributed by atoms with Gasteiger partial charge in [-0.05, 0) is 36.5 Å². The smallest absolute Gasteiger partial charge is 0.292 e. The van der Waals surface area contributed by atoms with E-state index in [0.29, 0.717) is 11.6 Å². The number of hydrogen-bond donors (Lipinski definition) is 1. The van der Waals surface area contributed by atoms with E-state index in [-0.39, 0.29) is 16.6 Å². The molecule has 3 rings (SSSR count). The third-order valence-electron chi connectivity index (χ3n) is 4.19. The van der Waals surface area contributed by atoms with Crippen LogP contribution in [0.25, 0.3) is 5.69 Å². The van der Waals surface area contributed by atoms with Gasteiger partial charge in [0, 0.05) is 6.92 Å². The largest absolute Gasteiger partial charge is 0.324 e. The van der Waals surface area contributed by atoms with E-state index in [4.69, 9.17) is 11.6 Å². The second-order valence-electron chi connectivity index (χ2n) is 5.84. The van der Waals surface area contributed by atoms with Crippen molar-refractivity contribution in [2.45, 2.75) is 38.5 Å². The van der Waals surface area contributed by atoms with Crippen LogP contribution < -0.4 is 10.9 Å². The first-order valence-electron chi connectivity index (χ1n) is 7.72. The lowest BCUT2D eigenvalue weighted by Gasteiger charge is -2.12. The highest BCUT2D eigenvalue weighted by Crippen LogP contribution is 2.34. The van der Waals surface area contributed by atoms with Crippen LogP contribution in [0.5, 0.6) is 0 Å². The van der Waals surface area contributed by atoms with Gasteiger partial charge in [0.2, 0.25) is 5.91 Å². The number of amides is 1. The maximum atomic E-state index is 12.3. The highest BCUT2D eigenvalue weighted by molar-refractivity contribution is 6.33. The fraction of sp³-hybridized carbons (Fsp3) is 0.353. The zero-order valence-electron chi connectivity index (χ0n) is 12.9. The van der Waals surface area contributed by atoms with Crippen molar-refractivity contribution in [2.24, 2.45) is 0 Å². The Labute approximate surface area is 139 Å². The minimum atomic E-state index is -0.452. The van der Waals surface area contributed by atoms with Gasteiger partial charge in [0.25, 0.3) is 5.56 Å². The molecule has 1 saturated carbocycles. The Kier molecular flexibility index (Phi) is 4.48. The molecule has 6 heteroatoms. The van der Waals surface area contributed by atoms with Gasteiger partial charge in [-0.25, -0.2) is 0 Å². The van der Waals surface area contributed by atoms with E-state index >= 15 is 0 Å². The Morgan fingerprint density at radius 1 is 1.26 bits per heavy atom. The number of halogens is 1. The average molecular weight is 332 g/mol. The first-order valence-corrected chi connectivity index (χ1v) is 8.10. The summed E-state index contributed by atoms with van der Waals surface area (Å²) in [6.45, 7) is 1.35. The molecule has 0 unspecified atom stereocenters. The van der Waals surface area contributed by atoms with Gasteiger partial charge >= 0.3 is 0 Å². The Hall–Kier alpha value is -2.14. The van der Waals surface area contributed by atoms with Gasteiger partial charge in [0.15, 0.2) is 0 Å². The molecule has 23 heavy (non-hydrogen) atoms. The molecule has 1 aliphatic carbocycles. The predicted molar refractivity (Wildman–Crippen MR) is 90.4 cm³/mol. The summed E-state index contributed by atoms with van der Waals surface area (Å²) in [5.74, 6) is 0.325. The zero-order chi connectivity index (χ0) is 16.4. The van der Waals surface area contributed by atoms with Crippen LogP contribution in [0.2, 0.25) is 5.02 Å². The van der Waals surface area contributed by atoms with Crippen LogP contribution in [0, 0.1) is 0 Å². The van der Waals surface area contributed by atoms with Crippen LogP contribution in [-0.4, -0.2) is 15.7 Å².